The van der Waals surface area contributed by atoms with Crippen LogP contribution in [-0.4, -0.2) is 43.0 Å². The summed E-state index contributed by atoms with van der Waals surface area (Å²) < 4.78 is 5.25. The van der Waals surface area contributed by atoms with Crippen LogP contribution in [0, 0.1) is 0 Å². The Labute approximate surface area is 151 Å². The van der Waals surface area contributed by atoms with Gasteiger partial charge in [0.25, 0.3) is 11.8 Å². The maximum absolute atomic E-state index is 12.4. The van der Waals surface area contributed by atoms with Crippen molar-refractivity contribution in [3.05, 3.63) is 70.2 Å². The molecule has 1 saturated heterocycles. The van der Waals surface area contributed by atoms with Gasteiger partial charge in [0.05, 0.1) is 13.2 Å². The number of nitrogens with zero attached hydrogens (tertiary/aromatic N) is 1. The predicted octanol–water partition coefficient (Wildman–Crippen LogP) is 2.74. The van der Waals surface area contributed by atoms with E-state index in [9.17, 15) is 9.59 Å². The van der Waals surface area contributed by atoms with Crippen molar-refractivity contribution in [1.82, 2.24) is 10.2 Å². The fourth-order valence-corrected chi connectivity index (χ4v) is 2.84. The minimum atomic E-state index is -0.203. The summed E-state index contributed by atoms with van der Waals surface area (Å²) in [4.78, 5) is 26.4. The first-order valence-electron chi connectivity index (χ1n) is 8.14. The number of rotatable bonds is 4. The second-order valence-electron chi connectivity index (χ2n) is 5.76. The molecule has 0 aliphatic carbocycles. The van der Waals surface area contributed by atoms with Crippen molar-refractivity contribution < 1.29 is 14.3 Å². The van der Waals surface area contributed by atoms with Gasteiger partial charge in [0.2, 0.25) is 0 Å². The summed E-state index contributed by atoms with van der Waals surface area (Å²) in [5, 5.41) is 3.45. The molecule has 2 aromatic rings. The molecule has 1 heterocycles. The van der Waals surface area contributed by atoms with Gasteiger partial charge in [-0.1, -0.05) is 29.8 Å². The molecule has 1 fully saturated rings. The largest absolute Gasteiger partial charge is 0.378 e. The number of nitrogens with one attached hydrogen (secondary N) is 1. The molecule has 130 valence electrons. The smallest absolute Gasteiger partial charge is 0.254 e. The van der Waals surface area contributed by atoms with Crippen molar-refractivity contribution in [2.24, 2.45) is 0 Å². The summed E-state index contributed by atoms with van der Waals surface area (Å²) in [6, 6.07) is 14.1. The highest BCUT2D eigenvalue weighted by atomic mass is 35.5. The summed E-state index contributed by atoms with van der Waals surface area (Å²) in [5.74, 6) is -0.239. The Kier molecular flexibility index (Phi) is 5.68. The van der Waals surface area contributed by atoms with Crippen LogP contribution >= 0.6 is 11.6 Å². The van der Waals surface area contributed by atoms with E-state index in [-0.39, 0.29) is 11.8 Å². The lowest BCUT2D eigenvalue weighted by Crippen LogP contribution is -2.40. The van der Waals surface area contributed by atoms with E-state index in [1.54, 1.807) is 35.2 Å². The Balaban J connectivity index is 1.60. The van der Waals surface area contributed by atoms with E-state index in [0.29, 0.717) is 49.0 Å². The van der Waals surface area contributed by atoms with E-state index in [0.717, 1.165) is 5.56 Å². The molecule has 0 unspecified atom stereocenters. The number of morpholine rings is 1. The molecule has 0 aromatic heterocycles. The Morgan fingerprint density at radius 1 is 1.00 bits per heavy atom. The van der Waals surface area contributed by atoms with Crippen molar-refractivity contribution in [3.63, 3.8) is 0 Å². The van der Waals surface area contributed by atoms with Gasteiger partial charge in [0, 0.05) is 35.8 Å². The van der Waals surface area contributed by atoms with Crippen LogP contribution in [0.2, 0.25) is 5.02 Å². The fraction of sp³-hybridized carbons (Fsp3) is 0.263. The number of halogens is 1. The summed E-state index contributed by atoms with van der Waals surface area (Å²) in [6.45, 7) is 2.67. The molecule has 25 heavy (non-hydrogen) atoms. The number of carbonyl (C=O) groups excluding carboxylic acids is 2. The first kappa shape index (κ1) is 17.5. The van der Waals surface area contributed by atoms with Gasteiger partial charge in [-0.05, 0) is 35.9 Å². The zero-order valence-electron chi connectivity index (χ0n) is 13.7. The van der Waals surface area contributed by atoms with E-state index >= 15 is 0 Å². The second kappa shape index (κ2) is 8.14. The lowest BCUT2D eigenvalue weighted by atomic mass is 10.1. The van der Waals surface area contributed by atoms with Gasteiger partial charge in [-0.15, -0.1) is 0 Å². The van der Waals surface area contributed by atoms with Gasteiger partial charge in [-0.25, -0.2) is 0 Å². The van der Waals surface area contributed by atoms with Gasteiger partial charge in [0.15, 0.2) is 0 Å². The summed E-state index contributed by atoms with van der Waals surface area (Å²) >= 11 is 6.08. The lowest BCUT2D eigenvalue weighted by molar-refractivity contribution is 0.0303. The molecule has 1 aliphatic heterocycles. The topological polar surface area (TPSA) is 58.6 Å². The maximum Gasteiger partial charge on any atom is 0.254 e. The summed E-state index contributed by atoms with van der Waals surface area (Å²) in [5.41, 5.74) is 1.94. The van der Waals surface area contributed by atoms with Crippen molar-refractivity contribution in [2.45, 2.75) is 6.54 Å². The van der Waals surface area contributed by atoms with Gasteiger partial charge in [-0.2, -0.15) is 0 Å². The number of hydrogen-bond donors (Lipinski definition) is 1. The molecule has 6 heteroatoms. The second-order valence-corrected chi connectivity index (χ2v) is 6.16. The third-order valence-corrected chi connectivity index (χ3v) is 4.46. The molecule has 2 amide bonds. The molecule has 0 atom stereocenters. The molecular weight excluding hydrogens is 340 g/mol. The van der Waals surface area contributed by atoms with Crippen molar-refractivity contribution in [2.75, 3.05) is 26.3 Å². The van der Waals surface area contributed by atoms with Crippen LogP contribution in [0.25, 0.3) is 0 Å². The highest BCUT2D eigenvalue weighted by Gasteiger charge is 2.18. The normalized spacial score (nSPS) is 14.2. The molecule has 0 saturated carbocycles. The van der Waals surface area contributed by atoms with Crippen LogP contribution in [0.3, 0.4) is 0 Å². The molecule has 1 N–H and O–H groups in total. The highest BCUT2D eigenvalue weighted by Crippen LogP contribution is 2.15. The predicted molar refractivity (Wildman–Crippen MR) is 95.8 cm³/mol. The van der Waals surface area contributed by atoms with E-state index in [1.807, 2.05) is 18.2 Å². The van der Waals surface area contributed by atoms with Crippen LogP contribution < -0.4 is 5.32 Å². The van der Waals surface area contributed by atoms with Crippen LogP contribution in [-0.2, 0) is 11.3 Å². The van der Waals surface area contributed by atoms with E-state index in [4.69, 9.17) is 16.3 Å². The number of ether oxygens (including phenoxy) is 1. The molecule has 5 nitrogen and oxygen atoms in total. The third kappa shape index (κ3) is 4.38. The van der Waals surface area contributed by atoms with E-state index in [1.165, 1.54) is 0 Å². The zero-order chi connectivity index (χ0) is 17.6. The van der Waals surface area contributed by atoms with Crippen LogP contribution in [0.15, 0.2) is 48.5 Å². The maximum atomic E-state index is 12.4. The minimum absolute atomic E-state index is 0.0358. The highest BCUT2D eigenvalue weighted by molar-refractivity contribution is 6.31. The number of amides is 2. The lowest BCUT2D eigenvalue weighted by Gasteiger charge is -2.26. The van der Waals surface area contributed by atoms with E-state index < -0.39 is 0 Å². The van der Waals surface area contributed by atoms with E-state index in [2.05, 4.69) is 5.32 Å². The summed E-state index contributed by atoms with van der Waals surface area (Å²) in [7, 11) is 0. The van der Waals surface area contributed by atoms with Crippen molar-refractivity contribution in [1.29, 1.82) is 0 Å². The van der Waals surface area contributed by atoms with Gasteiger partial charge in [0.1, 0.15) is 0 Å². The van der Waals surface area contributed by atoms with Crippen molar-refractivity contribution >= 4 is 23.4 Å². The molecule has 3 rings (SSSR count). The zero-order valence-corrected chi connectivity index (χ0v) is 14.5. The minimum Gasteiger partial charge on any atom is -0.378 e. The fourth-order valence-electron chi connectivity index (χ4n) is 2.63. The van der Waals surface area contributed by atoms with Gasteiger partial charge in [-0.3, -0.25) is 9.59 Å². The Hall–Kier alpha value is -2.37. The quantitative estimate of drug-likeness (QED) is 0.914. The molecule has 2 aromatic carbocycles. The first-order chi connectivity index (χ1) is 12.1. The molecule has 0 bridgehead atoms. The standard InChI is InChI=1S/C19H19ClN2O3/c20-17-4-2-1-3-16(17)13-21-18(23)14-5-7-15(8-6-14)19(24)22-9-11-25-12-10-22/h1-8H,9-13H2,(H,21,23). The monoisotopic (exact) mass is 358 g/mol. The average molecular weight is 359 g/mol. The Morgan fingerprint density at radius 2 is 1.64 bits per heavy atom. The summed E-state index contributed by atoms with van der Waals surface area (Å²) in [6.07, 6.45) is 0. The molecule has 1 aliphatic rings. The third-order valence-electron chi connectivity index (χ3n) is 4.09. The van der Waals surface area contributed by atoms with Crippen LogP contribution in [0.4, 0.5) is 0 Å². The SMILES string of the molecule is O=C(NCc1ccccc1Cl)c1ccc(C(=O)N2CCOCC2)cc1. The van der Waals surface area contributed by atoms with Crippen molar-refractivity contribution in [3.8, 4) is 0 Å². The molecule has 0 radical (unpaired) electrons. The average Bonchev–Trinajstić information content (AvgIpc) is 2.67. The Morgan fingerprint density at radius 3 is 2.32 bits per heavy atom. The molecule has 0 spiro atoms. The Bertz CT molecular complexity index is 756. The van der Waals surface area contributed by atoms with Gasteiger partial charge >= 0.3 is 0 Å². The van der Waals surface area contributed by atoms with Crippen LogP contribution in [0.5, 0.6) is 0 Å². The van der Waals surface area contributed by atoms with Crippen LogP contribution in [0.1, 0.15) is 26.3 Å². The van der Waals surface area contributed by atoms with Gasteiger partial charge < -0.3 is 15.0 Å². The first-order valence-corrected chi connectivity index (χ1v) is 8.51. The number of carbonyl (C=O) groups is 2. The number of benzene rings is 2. The number of hydrogen-bond acceptors (Lipinski definition) is 3. The molecular formula is C19H19ClN2O3.